The van der Waals surface area contributed by atoms with E-state index in [0.29, 0.717) is 30.5 Å². The molecule has 1 aliphatic rings. The smallest absolute Gasteiger partial charge is 0.410 e. The van der Waals surface area contributed by atoms with E-state index in [1.165, 1.54) is 0 Å². The van der Waals surface area contributed by atoms with Crippen LogP contribution >= 0.6 is 15.9 Å². The molecule has 9 nitrogen and oxygen atoms in total. The van der Waals surface area contributed by atoms with Crippen LogP contribution in [0.5, 0.6) is 0 Å². The van der Waals surface area contributed by atoms with Crippen molar-refractivity contribution in [3.8, 4) is 11.3 Å². The highest BCUT2D eigenvalue weighted by Gasteiger charge is 2.31. The molecule has 0 radical (unpaired) electrons. The molecule has 1 atom stereocenters. The number of carbonyl (C=O) groups is 1. The van der Waals surface area contributed by atoms with Crippen molar-refractivity contribution in [2.75, 3.05) is 27.2 Å². The number of carbonyl (C=O) groups excluding carboxylic acids is 1. The number of hydrogen-bond donors (Lipinski definition) is 0. The highest BCUT2D eigenvalue weighted by atomic mass is 79.9. The zero-order valence-corrected chi connectivity index (χ0v) is 21.8. The van der Waals surface area contributed by atoms with E-state index in [-0.39, 0.29) is 12.0 Å². The average Bonchev–Trinajstić information content (AvgIpc) is 3.24. The average molecular weight is 528 g/mol. The number of likely N-dealkylation sites (tertiary alicyclic amines) is 1. The van der Waals surface area contributed by atoms with Crippen LogP contribution in [0.15, 0.2) is 39.8 Å². The number of aromatic nitrogens is 4. The van der Waals surface area contributed by atoms with E-state index >= 15 is 0 Å². The third-order valence-electron chi connectivity index (χ3n) is 5.32. The lowest BCUT2D eigenvalue weighted by Gasteiger charge is -2.33. The molecule has 0 bridgehead atoms. The Labute approximate surface area is 208 Å². The predicted octanol–water partition coefficient (Wildman–Crippen LogP) is 4.89. The van der Waals surface area contributed by atoms with Gasteiger partial charge in [0.05, 0.1) is 16.5 Å². The number of hydrogen-bond acceptors (Lipinski definition) is 6. The van der Waals surface area contributed by atoms with Crippen molar-refractivity contribution in [1.29, 1.82) is 0 Å². The summed E-state index contributed by atoms with van der Waals surface area (Å²) >= 11 is 3.71. The molecule has 1 saturated heterocycles. The van der Waals surface area contributed by atoms with Crippen LogP contribution in [0.1, 0.15) is 45.4 Å². The summed E-state index contributed by atoms with van der Waals surface area (Å²) in [6.45, 7) is 6.81. The molecule has 2 aromatic heterocycles. The molecule has 0 N–H and O–H groups in total. The van der Waals surface area contributed by atoms with E-state index in [9.17, 15) is 4.79 Å². The first-order valence-corrected chi connectivity index (χ1v) is 12.1. The fraction of sp³-hybridized carbons (Fsp3) is 0.458. The largest absolute Gasteiger partial charge is 0.444 e. The molecule has 0 spiro atoms. The fourth-order valence-electron chi connectivity index (χ4n) is 3.80. The summed E-state index contributed by atoms with van der Waals surface area (Å²) in [7, 11) is 3.80. The molecule has 3 aromatic rings. The van der Waals surface area contributed by atoms with Crippen molar-refractivity contribution in [2.45, 2.75) is 45.1 Å². The molecule has 0 saturated carbocycles. The summed E-state index contributed by atoms with van der Waals surface area (Å²) in [6, 6.07) is 9.91. The summed E-state index contributed by atoms with van der Waals surface area (Å²) in [5.41, 5.74) is 1.81. The van der Waals surface area contributed by atoms with E-state index in [0.717, 1.165) is 28.6 Å². The van der Waals surface area contributed by atoms with Gasteiger partial charge in [0.25, 0.3) is 5.95 Å². The van der Waals surface area contributed by atoms with Crippen LogP contribution in [0.25, 0.3) is 16.9 Å². The second-order valence-corrected chi connectivity index (χ2v) is 10.4. The molecular weight excluding hydrogens is 498 g/mol. The van der Waals surface area contributed by atoms with Crippen LogP contribution in [-0.4, -0.2) is 74.6 Å². The maximum atomic E-state index is 12.6. The zero-order valence-electron chi connectivity index (χ0n) is 20.2. The third-order valence-corrected chi connectivity index (χ3v) is 6.05. The topological polar surface area (TPSA) is 88.2 Å². The first kappa shape index (κ1) is 24.1. The highest BCUT2D eigenvalue weighted by Crippen LogP contribution is 2.34. The minimum Gasteiger partial charge on any atom is -0.444 e. The summed E-state index contributed by atoms with van der Waals surface area (Å²) in [5, 5.41) is 4.78. The SMILES string of the molecule is CN(C)/C=N/c1nc(-c2ccccc2)c(Br)c2nc([C@@H]3CCCN(C(=O)OC(C)(C)C)C3)nn12. The van der Waals surface area contributed by atoms with Gasteiger partial charge in [-0.1, -0.05) is 30.3 Å². The number of rotatable bonds is 4. The van der Waals surface area contributed by atoms with Gasteiger partial charge in [-0.2, -0.15) is 4.52 Å². The van der Waals surface area contributed by atoms with Gasteiger partial charge in [-0.25, -0.2) is 19.8 Å². The maximum Gasteiger partial charge on any atom is 0.410 e. The van der Waals surface area contributed by atoms with Crippen LogP contribution in [0.2, 0.25) is 0 Å². The Bertz CT molecular complexity index is 1200. The molecule has 3 heterocycles. The number of benzene rings is 1. The minimum absolute atomic E-state index is 0.000998. The molecule has 4 rings (SSSR count). The number of amides is 1. The van der Waals surface area contributed by atoms with Crippen LogP contribution in [-0.2, 0) is 4.74 Å². The molecule has 1 fully saturated rings. The van der Waals surface area contributed by atoms with Crippen LogP contribution < -0.4 is 0 Å². The standard InChI is InChI=1S/C24H30BrN7O2/c1-24(2,3)34-23(33)31-13-9-12-17(14-31)20-28-21-18(25)19(16-10-7-6-8-11-16)27-22(32(21)29-20)26-15-30(4)5/h6-8,10-11,15,17H,9,12-14H2,1-5H3/b26-15+/t17-/m1/s1. The van der Waals surface area contributed by atoms with E-state index in [2.05, 4.69) is 20.9 Å². The Morgan fingerprint density at radius 1 is 1.24 bits per heavy atom. The van der Waals surface area contributed by atoms with Crippen molar-refractivity contribution >= 4 is 40.0 Å². The van der Waals surface area contributed by atoms with Crippen LogP contribution in [0, 0.1) is 0 Å². The lowest BCUT2D eigenvalue weighted by atomic mass is 9.98. The lowest BCUT2D eigenvalue weighted by molar-refractivity contribution is 0.0196. The van der Waals surface area contributed by atoms with E-state index in [1.807, 2.05) is 70.1 Å². The predicted molar refractivity (Wildman–Crippen MR) is 136 cm³/mol. The van der Waals surface area contributed by atoms with Crippen LogP contribution in [0.3, 0.4) is 0 Å². The summed E-state index contributed by atoms with van der Waals surface area (Å²) in [6.07, 6.45) is 3.14. The second-order valence-electron chi connectivity index (χ2n) is 9.62. The van der Waals surface area contributed by atoms with E-state index in [4.69, 9.17) is 19.8 Å². The van der Waals surface area contributed by atoms with Gasteiger partial charge in [0.15, 0.2) is 11.5 Å². The van der Waals surface area contributed by atoms with E-state index in [1.54, 1.807) is 15.8 Å². The quantitative estimate of drug-likeness (QED) is 0.354. The van der Waals surface area contributed by atoms with Crippen LogP contribution in [0.4, 0.5) is 10.7 Å². The summed E-state index contributed by atoms with van der Waals surface area (Å²) in [4.78, 5) is 30.4. The molecule has 10 heteroatoms. The maximum absolute atomic E-state index is 12.6. The Morgan fingerprint density at radius 2 is 1.97 bits per heavy atom. The molecule has 1 aliphatic heterocycles. The Kier molecular flexibility index (Phi) is 6.88. The van der Waals surface area contributed by atoms with Gasteiger partial charge >= 0.3 is 6.09 Å². The Morgan fingerprint density at radius 3 is 2.65 bits per heavy atom. The van der Waals surface area contributed by atoms with E-state index < -0.39 is 5.60 Å². The van der Waals surface area contributed by atoms with Gasteiger partial charge < -0.3 is 14.5 Å². The van der Waals surface area contributed by atoms with Gasteiger partial charge in [-0.3, -0.25) is 0 Å². The molecule has 0 unspecified atom stereocenters. The Hall–Kier alpha value is -3.01. The summed E-state index contributed by atoms with van der Waals surface area (Å²) < 4.78 is 7.99. The normalized spacial score (nSPS) is 16.9. The van der Waals surface area contributed by atoms with Gasteiger partial charge in [-0.05, 0) is 49.5 Å². The Balaban J connectivity index is 1.73. The zero-order chi connectivity index (χ0) is 24.5. The number of ether oxygens (including phenoxy) is 1. The number of fused-ring (bicyclic) bond motifs is 1. The molecule has 180 valence electrons. The second kappa shape index (κ2) is 9.69. The van der Waals surface area contributed by atoms with Gasteiger partial charge in [0.1, 0.15) is 5.60 Å². The van der Waals surface area contributed by atoms with Crippen molar-refractivity contribution in [3.05, 3.63) is 40.6 Å². The molecule has 0 aliphatic carbocycles. The molecule has 1 aromatic carbocycles. The first-order chi connectivity index (χ1) is 16.1. The lowest BCUT2D eigenvalue weighted by Crippen LogP contribution is -2.42. The molecular formula is C24H30BrN7O2. The number of aliphatic imine (C=N–C) groups is 1. The van der Waals surface area contributed by atoms with Crippen molar-refractivity contribution in [2.24, 2.45) is 4.99 Å². The number of piperidine rings is 1. The number of halogens is 1. The third kappa shape index (κ3) is 5.38. The molecule has 34 heavy (non-hydrogen) atoms. The monoisotopic (exact) mass is 527 g/mol. The summed E-state index contributed by atoms with van der Waals surface area (Å²) in [5.74, 6) is 1.10. The molecule has 1 amide bonds. The number of nitrogens with zero attached hydrogens (tertiary/aromatic N) is 7. The van der Waals surface area contributed by atoms with Gasteiger partial charge in [0.2, 0.25) is 0 Å². The van der Waals surface area contributed by atoms with Crippen molar-refractivity contribution in [1.82, 2.24) is 29.4 Å². The fourth-order valence-corrected chi connectivity index (χ4v) is 4.38. The highest BCUT2D eigenvalue weighted by molar-refractivity contribution is 9.10. The first-order valence-electron chi connectivity index (χ1n) is 11.3. The van der Waals surface area contributed by atoms with Gasteiger partial charge in [-0.15, -0.1) is 5.10 Å². The van der Waals surface area contributed by atoms with Gasteiger partial charge in [0, 0.05) is 38.7 Å². The van der Waals surface area contributed by atoms with Crippen molar-refractivity contribution < 1.29 is 9.53 Å². The minimum atomic E-state index is -0.533. The van der Waals surface area contributed by atoms with Crippen molar-refractivity contribution in [3.63, 3.8) is 0 Å².